The van der Waals surface area contributed by atoms with Gasteiger partial charge < -0.3 is 10.4 Å². The molecule has 0 fully saturated rings. The summed E-state index contributed by atoms with van der Waals surface area (Å²) < 4.78 is 14.8. The van der Waals surface area contributed by atoms with Crippen LogP contribution in [-0.2, 0) is 0 Å². The van der Waals surface area contributed by atoms with Crippen LogP contribution in [0.5, 0.6) is 5.75 Å². The maximum absolute atomic E-state index is 14.1. The van der Waals surface area contributed by atoms with E-state index in [-0.39, 0.29) is 21.5 Å². The lowest BCUT2D eigenvalue weighted by Crippen LogP contribution is -1.99. The highest BCUT2D eigenvalue weighted by Gasteiger charge is 2.13. The SMILES string of the molecule is Oc1cc2ncnc(Nc3ccc(Cl)c(Cl)c3F)c2cc1I. The van der Waals surface area contributed by atoms with Crippen LogP contribution in [0, 0.1) is 9.39 Å². The Hall–Kier alpha value is -1.38. The molecule has 0 amide bonds. The fourth-order valence-corrected chi connectivity index (χ4v) is 2.69. The minimum Gasteiger partial charge on any atom is -0.507 e. The molecule has 2 aromatic carbocycles. The molecule has 0 radical (unpaired) electrons. The van der Waals surface area contributed by atoms with Crippen LogP contribution in [0.1, 0.15) is 0 Å². The lowest BCUT2D eigenvalue weighted by Gasteiger charge is -2.11. The zero-order valence-electron chi connectivity index (χ0n) is 10.7. The maximum atomic E-state index is 14.1. The summed E-state index contributed by atoms with van der Waals surface area (Å²) in [6.07, 6.45) is 1.33. The zero-order chi connectivity index (χ0) is 15.9. The van der Waals surface area contributed by atoms with E-state index in [4.69, 9.17) is 23.2 Å². The van der Waals surface area contributed by atoms with Crippen LogP contribution in [-0.4, -0.2) is 15.1 Å². The third kappa shape index (κ3) is 2.78. The molecule has 0 aliphatic carbocycles. The molecule has 0 saturated carbocycles. The number of phenolic OH excluding ortho intramolecular Hbond substituents is 1. The Morgan fingerprint density at radius 2 is 1.95 bits per heavy atom. The summed E-state index contributed by atoms with van der Waals surface area (Å²) in [5.74, 6) is -0.131. The standard InChI is InChI=1S/C14H7Cl2FIN3O/c15-7-1-2-9(13(17)12(7)16)21-14-6-3-8(18)11(22)4-10(6)19-5-20-14/h1-5,22H,(H,19,20,21). The molecule has 3 aromatic rings. The second-order valence-electron chi connectivity index (χ2n) is 4.39. The predicted molar refractivity (Wildman–Crippen MR) is 93.6 cm³/mol. The number of fused-ring (bicyclic) bond motifs is 1. The van der Waals surface area contributed by atoms with Gasteiger partial charge in [0.05, 0.1) is 24.8 Å². The van der Waals surface area contributed by atoms with Gasteiger partial charge in [-0.2, -0.15) is 0 Å². The van der Waals surface area contributed by atoms with Crippen LogP contribution in [0.15, 0.2) is 30.6 Å². The number of anilines is 2. The number of rotatable bonds is 2. The number of hydrogen-bond acceptors (Lipinski definition) is 4. The van der Waals surface area contributed by atoms with Crippen molar-refractivity contribution in [3.8, 4) is 5.75 Å². The van der Waals surface area contributed by atoms with Crippen molar-refractivity contribution in [1.82, 2.24) is 9.97 Å². The van der Waals surface area contributed by atoms with Gasteiger partial charge in [-0.3, -0.25) is 0 Å². The van der Waals surface area contributed by atoms with Crippen LogP contribution in [0.25, 0.3) is 10.9 Å². The summed E-state index contributed by atoms with van der Waals surface area (Å²) in [7, 11) is 0. The van der Waals surface area contributed by atoms with Gasteiger partial charge in [0.25, 0.3) is 0 Å². The van der Waals surface area contributed by atoms with Crippen molar-refractivity contribution in [3.05, 3.63) is 50.0 Å². The first-order chi connectivity index (χ1) is 10.5. The van der Waals surface area contributed by atoms with Gasteiger partial charge in [-0.1, -0.05) is 23.2 Å². The van der Waals surface area contributed by atoms with Gasteiger partial charge in [-0.25, -0.2) is 14.4 Å². The molecule has 3 rings (SSSR count). The topological polar surface area (TPSA) is 58.0 Å². The quantitative estimate of drug-likeness (QED) is 0.420. The lowest BCUT2D eigenvalue weighted by atomic mass is 10.2. The molecule has 22 heavy (non-hydrogen) atoms. The van der Waals surface area contributed by atoms with E-state index in [1.165, 1.54) is 24.5 Å². The van der Waals surface area contributed by atoms with Crippen LogP contribution >= 0.6 is 45.8 Å². The summed E-state index contributed by atoms with van der Waals surface area (Å²) >= 11 is 13.6. The lowest BCUT2D eigenvalue weighted by molar-refractivity contribution is 0.472. The van der Waals surface area contributed by atoms with Crippen LogP contribution < -0.4 is 5.32 Å². The van der Waals surface area contributed by atoms with Gasteiger partial charge in [0.15, 0.2) is 5.82 Å². The van der Waals surface area contributed by atoms with Crippen molar-refractivity contribution in [2.45, 2.75) is 0 Å². The van der Waals surface area contributed by atoms with E-state index in [0.717, 1.165) is 0 Å². The Bertz CT molecular complexity index is 892. The van der Waals surface area contributed by atoms with Crippen LogP contribution in [0.3, 0.4) is 0 Å². The molecule has 1 heterocycles. The normalized spacial score (nSPS) is 10.9. The summed E-state index contributed by atoms with van der Waals surface area (Å²) in [5, 5.41) is 13.2. The van der Waals surface area contributed by atoms with Gasteiger partial charge in [-0.15, -0.1) is 0 Å². The first kappa shape index (κ1) is 15.5. The van der Waals surface area contributed by atoms with Crippen LogP contribution in [0.4, 0.5) is 15.9 Å². The fourth-order valence-electron chi connectivity index (χ4n) is 1.92. The number of hydrogen-bond donors (Lipinski definition) is 2. The minimum atomic E-state index is -0.658. The van der Waals surface area contributed by atoms with Gasteiger partial charge in [-0.05, 0) is 40.8 Å². The van der Waals surface area contributed by atoms with Crippen LogP contribution in [0.2, 0.25) is 10.0 Å². The molecule has 0 spiro atoms. The van der Waals surface area contributed by atoms with Crippen molar-refractivity contribution >= 4 is 68.2 Å². The van der Waals surface area contributed by atoms with E-state index in [0.29, 0.717) is 20.3 Å². The highest BCUT2D eigenvalue weighted by Crippen LogP contribution is 2.33. The number of aromatic nitrogens is 2. The van der Waals surface area contributed by atoms with E-state index in [1.807, 2.05) is 22.6 Å². The maximum Gasteiger partial charge on any atom is 0.166 e. The van der Waals surface area contributed by atoms with Crippen molar-refractivity contribution in [3.63, 3.8) is 0 Å². The molecule has 0 aliphatic rings. The minimum absolute atomic E-state index is 0.124. The number of aromatic hydroxyl groups is 1. The number of nitrogens with one attached hydrogen (secondary N) is 1. The summed E-state index contributed by atoms with van der Waals surface area (Å²) in [6, 6.07) is 6.20. The molecule has 8 heteroatoms. The third-order valence-electron chi connectivity index (χ3n) is 2.99. The largest absolute Gasteiger partial charge is 0.507 e. The molecule has 0 unspecified atom stereocenters. The van der Waals surface area contributed by atoms with Crippen molar-refractivity contribution in [2.24, 2.45) is 0 Å². The van der Waals surface area contributed by atoms with Gasteiger partial charge in [0, 0.05) is 11.5 Å². The monoisotopic (exact) mass is 449 g/mol. The molecule has 112 valence electrons. The summed E-state index contributed by atoms with van der Waals surface area (Å²) in [6.45, 7) is 0. The first-order valence-electron chi connectivity index (χ1n) is 6.01. The molecule has 0 atom stereocenters. The van der Waals surface area contributed by atoms with Crippen molar-refractivity contribution in [2.75, 3.05) is 5.32 Å². The molecule has 0 saturated heterocycles. The van der Waals surface area contributed by atoms with Gasteiger partial charge >= 0.3 is 0 Å². The highest BCUT2D eigenvalue weighted by molar-refractivity contribution is 14.1. The second kappa shape index (κ2) is 6.02. The van der Waals surface area contributed by atoms with E-state index >= 15 is 0 Å². The molecule has 1 aromatic heterocycles. The Morgan fingerprint density at radius 3 is 2.73 bits per heavy atom. The fraction of sp³-hybridized carbons (Fsp3) is 0. The molecule has 4 nitrogen and oxygen atoms in total. The first-order valence-corrected chi connectivity index (χ1v) is 7.84. The zero-order valence-corrected chi connectivity index (χ0v) is 14.4. The number of phenols is 1. The Kier molecular flexibility index (Phi) is 4.24. The van der Waals surface area contributed by atoms with Crippen molar-refractivity contribution < 1.29 is 9.50 Å². The van der Waals surface area contributed by atoms with E-state index in [2.05, 4.69) is 15.3 Å². The summed E-state index contributed by atoms with van der Waals surface area (Å²) in [4.78, 5) is 8.20. The second-order valence-corrected chi connectivity index (χ2v) is 6.34. The highest BCUT2D eigenvalue weighted by atomic mass is 127. The van der Waals surface area contributed by atoms with E-state index in [9.17, 15) is 9.50 Å². The molecule has 2 N–H and O–H groups in total. The average Bonchev–Trinajstić information content (AvgIpc) is 2.50. The van der Waals surface area contributed by atoms with E-state index < -0.39 is 5.82 Å². The predicted octanol–water partition coefficient (Wildman–Crippen LogP) is 5.13. The average molecular weight is 450 g/mol. The Balaban J connectivity index is 2.12. The summed E-state index contributed by atoms with van der Waals surface area (Å²) in [5.41, 5.74) is 0.688. The molecule has 0 bridgehead atoms. The third-order valence-corrected chi connectivity index (χ3v) is 4.64. The number of nitrogens with zero attached hydrogens (tertiary/aromatic N) is 2. The molecule has 0 aliphatic heterocycles. The van der Waals surface area contributed by atoms with E-state index in [1.54, 1.807) is 6.07 Å². The Morgan fingerprint density at radius 1 is 1.18 bits per heavy atom. The van der Waals surface area contributed by atoms with Gasteiger partial charge in [0.2, 0.25) is 0 Å². The molecular formula is C14H7Cl2FIN3O. The number of benzene rings is 2. The van der Waals surface area contributed by atoms with Gasteiger partial charge in [0.1, 0.15) is 17.9 Å². The smallest absolute Gasteiger partial charge is 0.166 e. The number of halogens is 4. The van der Waals surface area contributed by atoms with Crippen molar-refractivity contribution in [1.29, 1.82) is 0 Å². The Labute approximate surface area is 148 Å². The molecular weight excluding hydrogens is 443 g/mol.